The minimum absolute atomic E-state index is 0.255. The zero-order chi connectivity index (χ0) is 19.9. The Morgan fingerprint density at radius 3 is 2.71 bits per heavy atom. The molecule has 2 N–H and O–H groups in total. The summed E-state index contributed by atoms with van der Waals surface area (Å²) >= 11 is 6.25. The molecule has 0 aliphatic heterocycles. The number of methoxy groups -OCH3 is 1. The molecule has 28 heavy (non-hydrogen) atoms. The van der Waals surface area contributed by atoms with Gasteiger partial charge in [-0.2, -0.15) is 0 Å². The van der Waals surface area contributed by atoms with Gasteiger partial charge < -0.3 is 19.8 Å². The van der Waals surface area contributed by atoms with Gasteiger partial charge in [0.25, 0.3) is 0 Å². The van der Waals surface area contributed by atoms with E-state index in [0.29, 0.717) is 28.8 Å². The molecule has 0 saturated carbocycles. The first-order valence-corrected chi connectivity index (χ1v) is 9.07. The maximum Gasteiger partial charge on any atom is 0.248 e. The fraction of sp³-hybridized carbons (Fsp3) is 0.143. The molecule has 0 aliphatic carbocycles. The predicted octanol–water partition coefficient (Wildman–Crippen LogP) is 4.79. The number of hydrogen-bond acceptors (Lipinski definition) is 4. The number of hydrogen-bond donors (Lipinski definition) is 2. The van der Waals surface area contributed by atoms with Crippen LogP contribution in [0.5, 0.6) is 11.5 Å². The summed E-state index contributed by atoms with van der Waals surface area (Å²) in [6.45, 7) is 2.35. The molecule has 0 bridgehead atoms. The number of carbonyl (C=O) groups is 1. The van der Waals surface area contributed by atoms with Crippen LogP contribution in [0, 0.1) is 0 Å². The van der Waals surface area contributed by atoms with Crippen LogP contribution in [0.25, 0.3) is 17.5 Å². The van der Waals surface area contributed by atoms with E-state index in [1.165, 1.54) is 6.08 Å². The fourth-order valence-electron chi connectivity index (χ4n) is 2.61. The Kier molecular flexibility index (Phi) is 6.34. The van der Waals surface area contributed by atoms with Crippen LogP contribution < -0.4 is 14.8 Å². The van der Waals surface area contributed by atoms with Crippen LogP contribution in [-0.4, -0.2) is 29.6 Å². The van der Waals surface area contributed by atoms with Gasteiger partial charge >= 0.3 is 0 Å². The maximum atomic E-state index is 12.2. The maximum absolute atomic E-state index is 12.2. The van der Waals surface area contributed by atoms with Crippen molar-refractivity contribution in [2.45, 2.75) is 6.92 Å². The fourth-order valence-corrected chi connectivity index (χ4v) is 2.88. The number of aromatic nitrogens is 2. The first-order valence-electron chi connectivity index (χ1n) is 8.70. The van der Waals surface area contributed by atoms with Gasteiger partial charge in [0.15, 0.2) is 11.5 Å². The average molecular weight is 398 g/mol. The normalized spacial score (nSPS) is 10.8. The number of halogens is 1. The van der Waals surface area contributed by atoms with Crippen LogP contribution in [0.15, 0.2) is 54.9 Å². The van der Waals surface area contributed by atoms with Crippen molar-refractivity contribution in [1.82, 2.24) is 9.97 Å². The number of rotatable bonds is 7. The summed E-state index contributed by atoms with van der Waals surface area (Å²) in [5.74, 6) is 1.53. The largest absolute Gasteiger partial charge is 0.493 e. The van der Waals surface area contributed by atoms with Crippen LogP contribution in [0.3, 0.4) is 0 Å². The van der Waals surface area contributed by atoms with Crippen LogP contribution in [0.2, 0.25) is 5.02 Å². The van der Waals surface area contributed by atoms with Crippen molar-refractivity contribution in [2.24, 2.45) is 0 Å². The lowest BCUT2D eigenvalue weighted by Gasteiger charge is -2.11. The molecule has 1 aromatic heterocycles. The number of aromatic amines is 1. The third-order valence-corrected chi connectivity index (χ3v) is 4.17. The molecule has 3 rings (SSSR count). The van der Waals surface area contributed by atoms with Gasteiger partial charge in [0, 0.05) is 29.7 Å². The van der Waals surface area contributed by atoms with Crippen molar-refractivity contribution >= 4 is 29.3 Å². The lowest BCUT2D eigenvalue weighted by atomic mass is 10.1. The molecule has 0 unspecified atom stereocenters. The van der Waals surface area contributed by atoms with Crippen molar-refractivity contribution in [3.63, 3.8) is 0 Å². The number of imidazole rings is 1. The summed E-state index contributed by atoms with van der Waals surface area (Å²) < 4.78 is 10.8. The summed E-state index contributed by atoms with van der Waals surface area (Å²) in [6.07, 6.45) is 6.55. The van der Waals surface area contributed by atoms with E-state index >= 15 is 0 Å². The third kappa shape index (κ3) is 4.72. The summed E-state index contributed by atoms with van der Waals surface area (Å²) in [7, 11) is 1.54. The standard InChI is InChI=1S/C21H20ClN3O3/c1-3-28-20-17(22)12-14(13-18(20)27-2)4-9-19(26)25-16-7-5-15(6-8-16)21-23-10-11-24-21/h4-13H,3H2,1-2H3,(H,23,24)(H,25,26)/b9-4+. The Balaban J connectivity index is 1.67. The number of anilines is 1. The van der Waals surface area contributed by atoms with E-state index in [1.807, 2.05) is 31.2 Å². The van der Waals surface area contributed by atoms with E-state index in [1.54, 1.807) is 37.7 Å². The third-order valence-electron chi connectivity index (χ3n) is 3.89. The van der Waals surface area contributed by atoms with Gasteiger partial charge in [0.05, 0.1) is 18.7 Å². The first kappa shape index (κ1) is 19.5. The second-order valence-electron chi connectivity index (χ2n) is 5.80. The molecule has 6 nitrogen and oxygen atoms in total. The molecule has 0 spiro atoms. The number of nitrogens with one attached hydrogen (secondary N) is 2. The highest BCUT2D eigenvalue weighted by atomic mass is 35.5. The number of benzene rings is 2. The number of H-pyrrole nitrogens is 1. The van der Waals surface area contributed by atoms with Gasteiger partial charge in [-0.15, -0.1) is 0 Å². The molecule has 0 aliphatic rings. The summed E-state index contributed by atoms with van der Waals surface area (Å²) in [5, 5.41) is 3.24. The summed E-state index contributed by atoms with van der Waals surface area (Å²) in [4.78, 5) is 19.4. The minimum atomic E-state index is -0.255. The Hall–Kier alpha value is -3.25. The minimum Gasteiger partial charge on any atom is -0.493 e. The van der Waals surface area contributed by atoms with E-state index in [4.69, 9.17) is 21.1 Å². The Labute approximate surface area is 168 Å². The summed E-state index contributed by atoms with van der Waals surface area (Å²) in [6, 6.07) is 10.9. The Bertz CT molecular complexity index is 967. The van der Waals surface area contributed by atoms with Gasteiger partial charge in [0.1, 0.15) is 5.82 Å². The molecule has 0 radical (unpaired) electrons. The molecular formula is C21H20ClN3O3. The molecule has 144 valence electrons. The molecule has 0 saturated heterocycles. The van der Waals surface area contributed by atoms with Crippen molar-refractivity contribution < 1.29 is 14.3 Å². The highest BCUT2D eigenvalue weighted by Crippen LogP contribution is 2.36. The highest BCUT2D eigenvalue weighted by molar-refractivity contribution is 6.32. The molecule has 3 aromatic rings. The zero-order valence-corrected chi connectivity index (χ0v) is 16.3. The smallest absolute Gasteiger partial charge is 0.248 e. The predicted molar refractivity (Wildman–Crippen MR) is 111 cm³/mol. The van der Waals surface area contributed by atoms with Crippen LogP contribution in [-0.2, 0) is 4.79 Å². The molecule has 2 aromatic carbocycles. The van der Waals surface area contributed by atoms with E-state index in [2.05, 4.69) is 15.3 Å². The quantitative estimate of drug-likeness (QED) is 0.562. The van der Waals surface area contributed by atoms with Crippen molar-refractivity contribution in [1.29, 1.82) is 0 Å². The van der Waals surface area contributed by atoms with Crippen molar-refractivity contribution in [3.8, 4) is 22.9 Å². The Morgan fingerprint density at radius 1 is 1.29 bits per heavy atom. The molecule has 7 heteroatoms. The number of carbonyl (C=O) groups excluding carboxylic acids is 1. The molecule has 0 atom stereocenters. The zero-order valence-electron chi connectivity index (χ0n) is 15.5. The average Bonchev–Trinajstić information content (AvgIpc) is 3.23. The number of nitrogens with zero attached hydrogens (tertiary/aromatic N) is 1. The van der Waals surface area contributed by atoms with Gasteiger partial charge in [-0.1, -0.05) is 11.6 Å². The van der Waals surface area contributed by atoms with Gasteiger partial charge in [-0.3, -0.25) is 4.79 Å². The second-order valence-corrected chi connectivity index (χ2v) is 6.21. The van der Waals surface area contributed by atoms with Gasteiger partial charge in [-0.05, 0) is 55.0 Å². The topological polar surface area (TPSA) is 76.2 Å². The lowest BCUT2D eigenvalue weighted by molar-refractivity contribution is -0.111. The summed E-state index contributed by atoms with van der Waals surface area (Å²) in [5.41, 5.74) is 2.36. The van der Waals surface area contributed by atoms with Crippen LogP contribution >= 0.6 is 11.6 Å². The molecule has 0 fully saturated rings. The molecule has 1 amide bonds. The number of amides is 1. The first-order chi connectivity index (χ1) is 13.6. The van der Waals surface area contributed by atoms with E-state index in [9.17, 15) is 4.79 Å². The monoisotopic (exact) mass is 397 g/mol. The molecule has 1 heterocycles. The second kappa shape index (κ2) is 9.10. The van der Waals surface area contributed by atoms with Crippen molar-refractivity contribution in [3.05, 3.63) is 65.5 Å². The van der Waals surface area contributed by atoms with E-state index in [0.717, 1.165) is 17.0 Å². The number of ether oxygens (including phenoxy) is 2. The molecular weight excluding hydrogens is 378 g/mol. The van der Waals surface area contributed by atoms with Crippen LogP contribution in [0.4, 0.5) is 5.69 Å². The van der Waals surface area contributed by atoms with Gasteiger partial charge in [-0.25, -0.2) is 4.98 Å². The SMILES string of the molecule is CCOc1c(Cl)cc(/C=C/C(=O)Nc2ccc(-c3ncc[nH]3)cc2)cc1OC. The Morgan fingerprint density at radius 2 is 2.07 bits per heavy atom. The highest BCUT2D eigenvalue weighted by Gasteiger charge is 2.10. The van der Waals surface area contributed by atoms with Gasteiger partial charge in [0.2, 0.25) is 5.91 Å². The lowest BCUT2D eigenvalue weighted by Crippen LogP contribution is -2.07. The van der Waals surface area contributed by atoms with E-state index in [-0.39, 0.29) is 5.91 Å². The van der Waals surface area contributed by atoms with Crippen LogP contribution in [0.1, 0.15) is 12.5 Å². The van der Waals surface area contributed by atoms with E-state index < -0.39 is 0 Å². The van der Waals surface area contributed by atoms with Crippen molar-refractivity contribution in [2.75, 3.05) is 19.0 Å².